The van der Waals surface area contributed by atoms with Crippen LogP contribution in [0, 0.1) is 18.3 Å². The number of ether oxygens (including phenoxy) is 2. The Bertz CT molecular complexity index is 896. The van der Waals surface area contributed by atoms with Gasteiger partial charge >= 0.3 is 0 Å². The zero-order valence-electron chi connectivity index (χ0n) is 13.4. The van der Waals surface area contributed by atoms with Crippen LogP contribution in [0.1, 0.15) is 16.7 Å². The van der Waals surface area contributed by atoms with Crippen molar-refractivity contribution in [3.05, 3.63) is 65.5 Å². The topological polar surface area (TPSA) is 73.0 Å². The molecule has 0 unspecified atom stereocenters. The van der Waals surface area contributed by atoms with Crippen LogP contribution in [0.3, 0.4) is 0 Å². The lowest BCUT2D eigenvalue weighted by atomic mass is 10.1. The number of rotatable bonds is 5. The van der Waals surface area contributed by atoms with E-state index in [0.717, 1.165) is 16.9 Å². The summed E-state index contributed by atoms with van der Waals surface area (Å²) in [4.78, 5) is 4.24. The molecule has 0 bridgehead atoms. The summed E-state index contributed by atoms with van der Waals surface area (Å²) in [6.07, 6.45) is 3.20. The van der Waals surface area contributed by atoms with Crippen LogP contribution >= 0.6 is 0 Å². The van der Waals surface area contributed by atoms with Gasteiger partial charge in [0.25, 0.3) is 0 Å². The van der Waals surface area contributed by atoms with Gasteiger partial charge in [-0.2, -0.15) is 15.0 Å². The van der Waals surface area contributed by atoms with Crippen molar-refractivity contribution in [2.24, 2.45) is 0 Å². The molecule has 0 aliphatic rings. The third kappa shape index (κ3) is 3.20. The summed E-state index contributed by atoms with van der Waals surface area (Å²) >= 11 is 0. The van der Waals surface area contributed by atoms with Crippen LogP contribution in [0.4, 0.5) is 0 Å². The van der Waals surface area contributed by atoms with Gasteiger partial charge in [0.05, 0.1) is 24.9 Å². The highest BCUT2D eigenvalue weighted by Gasteiger charge is 2.10. The molecule has 0 radical (unpaired) electrons. The first-order valence-electron chi connectivity index (χ1n) is 7.38. The molecule has 0 saturated heterocycles. The maximum atomic E-state index is 9.01. The lowest BCUT2D eigenvalue weighted by Gasteiger charge is -2.12. The number of hydrogen-bond acceptors (Lipinski definition) is 5. The zero-order chi connectivity index (χ0) is 16.9. The molecule has 0 atom stereocenters. The van der Waals surface area contributed by atoms with Crippen LogP contribution in [0.15, 0.2) is 48.8 Å². The van der Waals surface area contributed by atoms with E-state index in [1.165, 1.54) is 0 Å². The van der Waals surface area contributed by atoms with Gasteiger partial charge in [0.15, 0.2) is 5.82 Å². The predicted molar refractivity (Wildman–Crippen MR) is 88.1 cm³/mol. The number of hydrogen-bond donors (Lipinski definition) is 0. The maximum Gasteiger partial charge on any atom is 0.218 e. The molecular formula is C18H16N4O2. The molecule has 0 N–H and O–H groups in total. The fraction of sp³-hybridized carbons (Fsp3) is 0.167. The van der Waals surface area contributed by atoms with E-state index in [1.54, 1.807) is 42.4 Å². The van der Waals surface area contributed by atoms with Crippen molar-refractivity contribution in [1.82, 2.24) is 14.8 Å². The van der Waals surface area contributed by atoms with Crippen LogP contribution in [0.2, 0.25) is 0 Å². The minimum absolute atomic E-state index is 0.340. The van der Waals surface area contributed by atoms with Gasteiger partial charge in [-0.05, 0) is 24.6 Å². The van der Waals surface area contributed by atoms with Crippen molar-refractivity contribution in [3.8, 4) is 23.5 Å². The van der Waals surface area contributed by atoms with Crippen LogP contribution in [-0.4, -0.2) is 21.9 Å². The Hall–Kier alpha value is -3.33. The van der Waals surface area contributed by atoms with E-state index in [0.29, 0.717) is 23.9 Å². The summed E-state index contributed by atoms with van der Waals surface area (Å²) in [5.74, 6) is 1.86. The Morgan fingerprint density at radius 2 is 2.04 bits per heavy atom. The van der Waals surface area contributed by atoms with Gasteiger partial charge in [0.1, 0.15) is 12.4 Å². The first-order valence-corrected chi connectivity index (χ1v) is 7.38. The molecule has 6 heteroatoms. The van der Waals surface area contributed by atoms with Gasteiger partial charge in [-0.15, -0.1) is 0 Å². The maximum absolute atomic E-state index is 9.01. The van der Waals surface area contributed by atoms with E-state index in [2.05, 4.69) is 16.2 Å². The molecule has 24 heavy (non-hydrogen) atoms. The summed E-state index contributed by atoms with van der Waals surface area (Å²) in [6, 6.07) is 13.1. The molecular weight excluding hydrogens is 304 g/mol. The Kier molecular flexibility index (Phi) is 4.43. The van der Waals surface area contributed by atoms with Crippen LogP contribution in [-0.2, 0) is 6.61 Å². The van der Waals surface area contributed by atoms with Gasteiger partial charge < -0.3 is 9.47 Å². The molecule has 0 fully saturated rings. The Morgan fingerprint density at radius 1 is 1.17 bits per heavy atom. The number of pyridine rings is 1. The standard InChI is InChI=1S/C18H16N4O2/c1-13-3-4-15(16(9-13)23-2)12-24-18-6-8-21-22(18)17-10-14(11-19)5-7-20-17/h3-10H,12H2,1-2H3. The van der Waals surface area contributed by atoms with Crippen molar-refractivity contribution in [1.29, 1.82) is 5.26 Å². The fourth-order valence-electron chi connectivity index (χ4n) is 2.30. The number of aryl methyl sites for hydroxylation is 1. The average molecular weight is 320 g/mol. The second-order valence-electron chi connectivity index (χ2n) is 5.20. The first kappa shape index (κ1) is 15.6. The highest BCUT2D eigenvalue weighted by Crippen LogP contribution is 2.23. The highest BCUT2D eigenvalue weighted by atomic mass is 16.5. The molecule has 3 rings (SSSR count). The molecule has 0 saturated carbocycles. The monoisotopic (exact) mass is 320 g/mol. The van der Waals surface area contributed by atoms with E-state index in [4.69, 9.17) is 14.7 Å². The van der Waals surface area contributed by atoms with E-state index in [1.807, 2.05) is 25.1 Å². The molecule has 6 nitrogen and oxygen atoms in total. The van der Waals surface area contributed by atoms with Gasteiger partial charge in [0.2, 0.25) is 5.88 Å². The normalized spacial score (nSPS) is 10.2. The number of nitriles is 1. The molecule has 2 aromatic heterocycles. The van der Waals surface area contributed by atoms with E-state index in [-0.39, 0.29) is 0 Å². The van der Waals surface area contributed by atoms with Crippen LogP contribution in [0.25, 0.3) is 5.82 Å². The van der Waals surface area contributed by atoms with Crippen molar-refractivity contribution in [2.75, 3.05) is 7.11 Å². The van der Waals surface area contributed by atoms with Gasteiger partial charge in [0, 0.05) is 23.9 Å². The molecule has 3 aromatic rings. The van der Waals surface area contributed by atoms with Gasteiger partial charge in [-0.25, -0.2) is 4.98 Å². The van der Waals surface area contributed by atoms with Crippen molar-refractivity contribution < 1.29 is 9.47 Å². The quantitative estimate of drug-likeness (QED) is 0.722. The molecule has 0 aliphatic heterocycles. The predicted octanol–water partition coefficient (Wildman–Crippen LogP) is 3.04. The molecule has 1 aromatic carbocycles. The summed E-state index contributed by atoms with van der Waals surface area (Å²) in [5.41, 5.74) is 2.58. The second kappa shape index (κ2) is 6.84. The van der Waals surface area contributed by atoms with Crippen molar-refractivity contribution in [2.45, 2.75) is 13.5 Å². The fourth-order valence-corrected chi connectivity index (χ4v) is 2.30. The lowest BCUT2D eigenvalue weighted by molar-refractivity contribution is 0.277. The summed E-state index contributed by atoms with van der Waals surface area (Å²) < 4.78 is 12.8. The number of nitrogens with zero attached hydrogens (tertiary/aromatic N) is 4. The number of aromatic nitrogens is 3. The molecule has 120 valence electrons. The molecule has 0 amide bonds. The highest BCUT2D eigenvalue weighted by molar-refractivity contribution is 5.38. The number of methoxy groups -OCH3 is 1. The Balaban J connectivity index is 1.83. The van der Waals surface area contributed by atoms with E-state index < -0.39 is 0 Å². The Morgan fingerprint density at radius 3 is 2.83 bits per heavy atom. The van der Waals surface area contributed by atoms with E-state index >= 15 is 0 Å². The zero-order valence-corrected chi connectivity index (χ0v) is 13.4. The van der Waals surface area contributed by atoms with Crippen LogP contribution < -0.4 is 9.47 Å². The second-order valence-corrected chi connectivity index (χ2v) is 5.20. The summed E-state index contributed by atoms with van der Waals surface area (Å²) in [6.45, 7) is 2.35. The minimum Gasteiger partial charge on any atom is -0.496 e. The summed E-state index contributed by atoms with van der Waals surface area (Å²) in [7, 11) is 1.64. The first-order chi connectivity index (χ1) is 11.7. The molecule has 2 heterocycles. The van der Waals surface area contributed by atoms with Crippen molar-refractivity contribution in [3.63, 3.8) is 0 Å². The SMILES string of the molecule is COc1cc(C)ccc1COc1ccnn1-c1cc(C#N)ccn1. The molecule has 0 spiro atoms. The van der Waals surface area contributed by atoms with Crippen molar-refractivity contribution >= 4 is 0 Å². The van der Waals surface area contributed by atoms with Gasteiger partial charge in [-0.3, -0.25) is 0 Å². The molecule has 0 aliphatic carbocycles. The Labute approximate surface area is 139 Å². The van der Waals surface area contributed by atoms with E-state index in [9.17, 15) is 0 Å². The minimum atomic E-state index is 0.340. The number of benzene rings is 1. The van der Waals surface area contributed by atoms with Gasteiger partial charge in [-0.1, -0.05) is 12.1 Å². The van der Waals surface area contributed by atoms with Crippen LogP contribution in [0.5, 0.6) is 11.6 Å². The lowest BCUT2D eigenvalue weighted by Crippen LogP contribution is -2.06. The smallest absolute Gasteiger partial charge is 0.218 e. The average Bonchev–Trinajstić information content (AvgIpc) is 3.09. The third-order valence-corrected chi connectivity index (χ3v) is 3.52. The summed E-state index contributed by atoms with van der Waals surface area (Å²) in [5, 5.41) is 13.2. The largest absolute Gasteiger partial charge is 0.496 e. The third-order valence-electron chi connectivity index (χ3n) is 3.52.